The summed E-state index contributed by atoms with van der Waals surface area (Å²) in [4.78, 5) is 25.0. The Morgan fingerprint density at radius 1 is 1.33 bits per heavy atom. The third kappa shape index (κ3) is 2.90. The zero-order valence-corrected chi connectivity index (χ0v) is 14.0. The summed E-state index contributed by atoms with van der Waals surface area (Å²) >= 11 is 0. The van der Waals surface area contributed by atoms with Crippen LogP contribution in [0.1, 0.15) is 26.7 Å². The van der Waals surface area contributed by atoms with Gasteiger partial charge in [-0.05, 0) is 37.1 Å². The number of benzene rings is 1. The lowest BCUT2D eigenvalue weighted by Crippen LogP contribution is -2.67. The predicted molar refractivity (Wildman–Crippen MR) is 87.1 cm³/mol. The Hall–Kier alpha value is -2.32. The summed E-state index contributed by atoms with van der Waals surface area (Å²) in [5.74, 6) is 0.513. The monoisotopic (exact) mass is 334 g/mol. The summed E-state index contributed by atoms with van der Waals surface area (Å²) in [7, 11) is 1.57. The first-order valence-corrected chi connectivity index (χ1v) is 8.01. The lowest BCUT2D eigenvalue weighted by Gasteiger charge is -2.38. The summed E-state index contributed by atoms with van der Waals surface area (Å²) in [6, 6.07) is 6.43. The van der Waals surface area contributed by atoms with E-state index in [0.29, 0.717) is 24.3 Å². The number of anilines is 1. The maximum Gasteiger partial charge on any atom is 0.338 e. The second kappa shape index (κ2) is 6.29. The smallest absolute Gasteiger partial charge is 0.338 e. The fourth-order valence-corrected chi connectivity index (χ4v) is 2.90. The molecule has 0 aromatic heterocycles. The Morgan fingerprint density at radius 2 is 2.00 bits per heavy atom. The van der Waals surface area contributed by atoms with Crippen molar-refractivity contribution in [2.75, 3.05) is 12.4 Å². The van der Waals surface area contributed by atoms with Gasteiger partial charge in [0.25, 0.3) is 5.91 Å². The molecule has 2 fully saturated rings. The summed E-state index contributed by atoms with van der Waals surface area (Å²) in [5, 5.41) is 7.19. The van der Waals surface area contributed by atoms with Crippen molar-refractivity contribution in [3.05, 3.63) is 24.3 Å². The van der Waals surface area contributed by atoms with E-state index in [1.54, 1.807) is 31.4 Å². The summed E-state index contributed by atoms with van der Waals surface area (Å²) < 4.78 is 10.5. The second-order valence-corrected chi connectivity index (χ2v) is 5.85. The Bertz CT molecular complexity index is 629. The minimum atomic E-state index is -0.703. The largest absolute Gasteiger partial charge is 0.497 e. The number of ether oxygens (including phenoxy) is 2. The van der Waals surface area contributed by atoms with Crippen LogP contribution < -0.4 is 20.8 Å². The quantitative estimate of drug-likeness (QED) is 0.708. The molecule has 0 spiro atoms. The normalized spacial score (nSPS) is 24.1. The van der Waals surface area contributed by atoms with Crippen LogP contribution in [0.3, 0.4) is 0 Å². The number of nitrogens with zero attached hydrogens (tertiary/aromatic N) is 1. The lowest BCUT2D eigenvalue weighted by atomic mass is 9.90. The highest BCUT2D eigenvalue weighted by molar-refractivity contribution is 5.93. The van der Waals surface area contributed by atoms with Gasteiger partial charge in [0.1, 0.15) is 11.3 Å². The third-order valence-electron chi connectivity index (χ3n) is 4.55. The van der Waals surface area contributed by atoms with Gasteiger partial charge < -0.3 is 14.8 Å². The molecule has 0 radical (unpaired) electrons. The molecule has 0 bridgehead atoms. The van der Waals surface area contributed by atoms with Crippen LogP contribution in [0.5, 0.6) is 5.75 Å². The van der Waals surface area contributed by atoms with E-state index in [1.807, 2.05) is 13.8 Å². The van der Waals surface area contributed by atoms with Gasteiger partial charge in [0.2, 0.25) is 0 Å². The van der Waals surface area contributed by atoms with E-state index in [0.717, 1.165) is 0 Å². The molecular weight excluding hydrogens is 312 g/mol. The summed E-state index contributed by atoms with van der Waals surface area (Å²) in [6.07, 6.45) is 0.551. The molecule has 3 amide bonds. The van der Waals surface area contributed by atoms with Crippen LogP contribution in [0.25, 0.3) is 0 Å². The predicted octanol–water partition coefficient (Wildman–Crippen LogP) is 1.40. The molecule has 8 heteroatoms. The van der Waals surface area contributed by atoms with E-state index in [9.17, 15) is 9.59 Å². The number of amides is 3. The molecule has 0 saturated carbocycles. The SMILES string of the molecule is CCC1(CC)NC2OC2N(NC(=O)Nc2ccc(OC)cc2)C1=O. The van der Waals surface area contributed by atoms with Crippen molar-refractivity contribution < 1.29 is 19.1 Å². The van der Waals surface area contributed by atoms with Crippen LogP contribution >= 0.6 is 0 Å². The van der Waals surface area contributed by atoms with Crippen LogP contribution in [0.15, 0.2) is 24.3 Å². The molecule has 1 aromatic carbocycles. The van der Waals surface area contributed by atoms with Gasteiger partial charge in [-0.2, -0.15) is 0 Å². The minimum absolute atomic E-state index is 0.184. The van der Waals surface area contributed by atoms with Crippen LogP contribution in [-0.2, 0) is 9.53 Å². The standard InChI is InChI=1S/C16H22N4O4/c1-4-16(5-2)14(21)20(13-12(18-16)24-13)19-15(22)17-10-6-8-11(23-3)9-7-10/h6-9,12-13,18H,4-5H2,1-3H3,(H2,17,19,22). The maximum atomic E-state index is 12.7. The molecular formula is C16H22N4O4. The molecule has 2 heterocycles. The van der Waals surface area contributed by atoms with Gasteiger partial charge in [-0.25, -0.2) is 15.2 Å². The molecule has 2 unspecified atom stereocenters. The number of fused-ring (bicyclic) bond motifs is 1. The van der Waals surface area contributed by atoms with Crippen LogP contribution in [0.2, 0.25) is 0 Å². The van der Waals surface area contributed by atoms with E-state index >= 15 is 0 Å². The van der Waals surface area contributed by atoms with Gasteiger partial charge in [0.15, 0.2) is 12.5 Å². The average molecular weight is 334 g/mol. The molecule has 130 valence electrons. The number of hydrazine groups is 1. The van der Waals surface area contributed by atoms with Crippen LogP contribution in [0.4, 0.5) is 10.5 Å². The maximum absolute atomic E-state index is 12.7. The van der Waals surface area contributed by atoms with Crippen molar-refractivity contribution >= 4 is 17.6 Å². The number of piperazine rings is 1. The third-order valence-corrected chi connectivity index (χ3v) is 4.55. The van der Waals surface area contributed by atoms with Gasteiger partial charge >= 0.3 is 6.03 Å². The van der Waals surface area contributed by atoms with Gasteiger partial charge in [-0.1, -0.05) is 13.8 Å². The zero-order valence-electron chi connectivity index (χ0n) is 14.0. The van der Waals surface area contributed by atoms with Gasteiger partial charge in [-0.3, -0.25) is 10.1 Å². The minimum Gasteiger partial charge on any atom is -0.497 e. The number of methoxy groups -OCH3 is 1. The number of urea groups is 1. The molecule has 3 rings (SSSR count). The average Bonchev–Trinajstić information content (AvgIpc) is 3.37. The zero-order chi connectivity index (χ0) is 17.3. The van der Waals surface area contributed by atoms with Crippen molar-refractivity contribution in [3.8, 4) is 5.75 Å². The molecule has 24 heavy (non-hydrogen) atoms. The fraction of sp³-hybridized carbons (Fsp3) is 0.500. The van der Waals surface area contributed by atoms with E-state index in [-0.39, 0.29) is 12.1 Å². The molecule has 2 aliphatic heterocycles. The summed E-state index contributed by atoms with van der Waals surface area (Å²) in [6.45, 7) is 3.87. The molecule has 8 nitrogen and oxygen atoms in total. The number of hydrogen-bond acceptors (Lipinski definition) is 5. The number of carbonyl (C=O) groups excluding carboxylic acids is 2. The molecule has 3 N–H and O–H groups in total. The molecule has 1 aromatic rings. The number of carbonyl (C=O) groups is 2. The Morgan fingerprint density at radius 3 is 2.58 bits per heavy atom. The van der Waals surface area contributed by atoms with E-state index < -0.39 is 17.8 Å². The number of nitrogens with one attached hydrogen (secondary N) is 3. The van der Waals surface area contributed by atoms with Gasteiger partial charge in [-0.15, -0.1) is 0 Å². The molecule has 2 saturated heterocycles. The van der Waals surface area contributed by atoms with E-state index in [2.05, 4.69) is 16.1 Å². The van der Waals surface area contributed by atoms with Crippen molar-refractivity contribution in [1.29, 1.82) is 0 Å². The highest BCUT2D eigenvalue weighted by atomic mass is 16.6. The Labute approximate surface area is 140 Å². The topological polar surface area (TPSA) is 95.2 Å². The van der Waals surface area contributed by atoms with E-state index in [4.69, 9.17) is 9.47 Å². The number of epoxide rings is 1. The highest BCUT2D eigenvalue weighted by Gasteiger charge is 2.59. The van der Waals surface area contributed by atoms with Gasteiger partial charge in [0, 0.05) is 5.69 Å². The Balaban J connectivity index is 1.66. The second-order valence-electron chi connectivity index (χ2n) is 5.85. The Kier molecular flexibility index (Phi) is 4.33. The number of rotatable bonds is 5. The first kappa shape index (κ1) is 16.5. The first-order valence-electron chi connectivity index (χ1n) is 8.01. The first-order chi connectivity index (χ1) is 11.5. The van der Waals surface area contributed by atoms with Crippen molar-refractivity contribution in [1.82, 2.24) is 15.8 Å². The van der Waals surface area contributed by atoms with E-state index in [1.165, 1.54) is 5.01 Å². The molecule has 2 atom stereocenters. The van der Waals surface area contributed by atoms with Crippen molar-refractivity contribution in [2.24, 2.45) is 0 Å². The number of hydrogen-bond donors (Lipinski definition) is 3. The lowest BCUT2D eigenvalue weighted by molar-refractivity contribution is -0.145. The molecule has 0 aliphatic carbocycles. The summed E-state index contributed by atoms with van der Waals surface area (Å²) in [5.41, 5.74) is 2.49. The van der Waals surface area contributed by atoms with Crippen LogP contribution in [0, 0.1) is 0 Å². The van der Waals surface area contributed by atoms with Gasteiger partial charge in [0.05, 0.1) is 7.11 Å². The van der Waals surface area contributed by atoms with Crippen LogP contribution in [-0.4, -0.2) is 42.1 Å². The molecule has 2 aliphatic rings. The van der Waals surface area contributed by atoms with Crippen molar-refractivity contribution in [3.63, 3.8) is 0 Å². The fourth-order valence-electron chi connectivity index (χ4n) is 2.90. The highest BCUT2D eigenvalue weighted by Crippen LogP contribution is 2.35. The van der Waals surface area contributed by atoms with Crippen molar-refractivity contribution in [2.45, 2.75) is 44.7 Å².